The third-order valence-electron chi connectivity index (χ3n) is 4.60. The van der Waals surface area contributed by atoms with Gasteiger partial charge < -0.3 is 10.2 Å². The van der Waals surface area contributed by atoms with Crippen LogP contribution in [0.4, 0.5) is 0 Å². The molecule has 0 saturated carbocycles. The fourth-order valence-corrected chi connectivity index (χ4v) is 3.04. The molecule has 1 aliphatic heterocycles. The van der Waals surface area contributed by atoms with Gasteiger partial charge in [-0.3, -0.25) is 9.69 Å². The minimum Gasteiger partial charge on any atom is -0.338 e. The summed E-state index contributed by atoms with van der Waals surface area (Å²) in [5.74, 6) is 0.166. The zero-order valence-corrected chi connectivity index (χ0v) is 14.4. The van der Waals surface area contributed by atoms with Crippen LogP contribution in [0.2, 0.25) is 5.02 Å². The second kappa shape index (κ2) is 7.95. The number of likely N-dealkylation sites (N-methyl/N-ethyl adjacent to an activating group) is 2. The molecule has 1 saturated heterocycles. The zero-order chi connectivity index (χ0) is 16.1. The molecule has 122 valence electrons. The summed E-state index contributed by atoms with van der Waals surface area (Å²) in [4.78, 5) is 16.6. The van der Waals surface area contributed by atoms with Gasteiger partial charge in [0.2, 0.25) is 5.91 Å². The summed E-state index contributed by atoms with van der Waals surface area (Å²) >= 11 is 5.92. The van der Waals surface area contributed by atoms with Crippen molar-refractivity contribution >= 4 is 17.5 Å². The summed E-state index contributed by atoms with van der Waals surface area (Å²) in [5.41, 5.74) is 1.10. The highest BCUT2D eigenvalue weighted by molar-refractivity contribution is 6.30. The summed E-state index contributed by atoms with van der Waals surface area (Å²) < 4.78 is 0. The molecule has 4 nitrogen and oxygen atoms in total. The minimum atomic E-state index is 0.0506. The van der Waals surface area contributed by atoms with Crippen LogP contribution in [0.25, 0.3) is 0 Å². The number of likely N-dealkylation sites (tertiary alicyclic amines) is 1. The Hall–Kier alpha value is -1.10. The number of piperidine rings is 1. The molecular weight excluding hydrogens is 298 g/mol. The molecule has 1 fully saturated rings. The number of halogens is 1. The smallest absolute Gasteiger partial charge is 0.236 e. The van der Waals surface area contributed by atoms with Crippen LogP contribution in [0.1, 0.15) is 31.4 Å². The first-order chi connectivity index (χ1) is 10.5. The number of rotatable bonds is 5. The van der Waals surface area contributed by atoms with Crippen LogP contribution in [0.15, 0.2) is 24.3 Å². The van der Waals surface area contributed by atoms with Crippen molar-refractivity contribution in [3.05, 3.63) is 34.9 Å². The molecule has 22 heavy (non-hydrogen) atoms. The van der Waals surface area contributed by atoms with E-state index in [-0.39, 0.29) is 11.9 Å². The van der Waals surface area contributed by atoms with Crippen molar-refractivity contribution in [3.8, 4) is 0 Å². The molecule has 2 atom stereocenters. The molecule has 1 aromatic carbocycles. The Kier molecular flexibility index (Phi) is 6.24. The van der Waals surface area contributed by atoms with E-state index >= 15 is 0 Å². The number of carbonyl (C=O) groups is 1. The Labute approximate surface area is 138 Å². The molecule has 1 amide bonds. The molecule has 1 aromatic rings. The SMILES string of the molecule is CNC1CCCN(CC(=O)N(C)C(C)c2ccc(Cl)cc2)C1. The summed E-state index contributed by atoms with van der Waals surface area (Å²) in [6.07, 6.45) is 2.34. The second-order valence-corrected chi connectivity index (χ2v) is 6.53. The molecule has 2 rings (SSSR count). The molecular formula is C17H26ClN3O. The van der Waals surface area contributed by atoms with Gasteiger partial charge in [0.15, 0.2) is 0 Å². The Balaban J connectivity index is 1.92. The van der Waals surface area contributed by atoms with Gasteiger partial charge in [-0.15, -0.1) is 0 Å². The second-order valence-electron chi connectivity index (χ2n) is 6.10. The van der Waals surface area contributed by atoms with E-state index in [4.69, 9.17) is 11.6 Å². The predicted octanol–water partition coefficient (Wildman–Crippen LogP) is 2.54. The van der Waals surface area contributed by atoms with Crippen molar-refractivity contribution < 1.29 is 4.79 Å². The first-order valence-corrected chi connectivity index (χ1v) is 8.29. The topological polar surface area (TPSA) is 35.6 Å². The molecule has 1 heterocycles. The lowest BCUT2D eigenvalue weighted by Gasteiger charge is -2.34. The van der Waals surface area contributed by atoms with Gasteiger partial charge in [-0.1, -0.05) is 23.7 Å². The fourth-order valence-electron chi connectivity index (χ4n) is 2.92. The summed E-state index contributed by atoms with van der Waals surface area (Å²) in [5, 5.41) is 4.03. The minimum absolute atomic E-state index is 0.0506. The lowest BCUT2D eigenvalue weighted by Crippen LogP contribution is -2.48. The number of amides is 1. The fraction of sp³-hybridized carbons (Fsp3) is 0.588. The first-order valence-electron chi connectivity index (χ1n) is 7.92. The third kappa shape index (κ3) is 4.45. The van der Waals surface area contributed by atoms with Crippen molar-refractivity contribution in [2.45, 2.75) is 31.8 Å². The van der Waals surface area contributed by atoms with E-state index in [2.05, 4.69) is 10.2 Å². The Morgan fingerprint density at radius 1 is 1.45 bits per heavy atom. The maximum absolute atomic E-state index is 12.5. The molecule has 2 unspecified atom stereocenters. The van der Waals surface area contributed by atoms with Gasteiger partial charge >= 0.3 is 0 Å². The highest BCUT2D eigenvalue weighted by Gasteiger charge is 2.23. The number of hydrogen-bond donors (Lipinski definition) is 1. The van der Waals surface area contributed by atoms with Crippen LogP contribution in [0.3, 0.4) is 0 Å². The van der Waals surface area contributed by atoms with Crippen molar-refractivity contribution in [1.29, 1.82) is 0 Å². The standard InChI is InChI=1S/C17H26ClN3O/c1-13(14-6-8-15(18)9-7-14)20(3)17(22)12-21-10-4-5-16(11-21)19-2/h6-9,13,16,19H,4-5,10-12H2,1-3H3. The molecule has 0 aromatic heterocycles. The van der Waals surface area contributed by atoms with Crippen molar-refractivity contribution in [3.63, 3.8) is 0 Å². The van der Waals surface area contributed by atoms with Crippen molar-refractivity contribution in [2.24, 2.45) is 0 Å². The van der Waals surface area contributed by atoms with Gasteiger partial charge in [0.05, 0.1) is 12.6 Å². The highest BCUT2D eigenvalue weighted by atomic mass is 35.5. The molecule has 0 radical (unpaired) electrons. The van der Waals surface area contributed by atoms with Crippen LogP contribution in [0, 0.1) is 0 Å². The lowest BCUT2D eigenvalue weighted by molar-refractivity contribution is -0.133. The summed E-state index contributed by atoms with van der Waals surface area (Å²) in [6, 6.07) is 8.25. The van der Waals surface area contributed by atoms with E-state index in [9.17, 15) is 4.79 Å². The van der Waals surface area contributed by atoms with Crippen molar-refractivity contribution in [1.82, 2.24) is 15.1 Å². The number of hydrogen-bond acceptors (Lipinski definition) is 3. The number of carbonyl (C=O) groups excluding carboxylic acids is 1. The summed E-state index contributed by atoms with van der Waals surface area (Å²) in [7, 11) is 3.87. The van der Waals surface area contributed by atoms with Gasteiger partial charge in [0, 0.05) is 24.7 Å². The van der Waals surface area contributed by atoms with E-state index in [1.54, 1.807) is 0 Å². The van der Waals surface area contributed by atoms with Gasteiger partial charge in [-0.2, -0.15) is 0 Å². The van der Waals surface area contributed by atoms with E-state index in [1.807, 2.05) is 50.2 Å². The van der Waals surface area contributed by atoms with Crippen LogP contribution in [0.5, 0.6) is 0 Å². The normalized spacial score (nSPS) is 20.6. The average Bonchev–Trinajstić information content (AvgIpc) is 2.54. The van der Waals surface area contributed by atoms with Crippen LogP contribution < -0.4 is 5.32 Å². The molecule has 0 bridgehead atoms. The van der Waals surface area contributed by atoms with Gasteiger partial charge in [0.1, 0.15) is 0 Å². The monoisotopic (exact) mass is 323 g/mol. The Bertz CT molecular complexity index is 491. The maximum atomic E-state index is 12.5. The van der Waals surface area contributed by atoms with E-state index < -0.39 is 0 Å². The van der Waals surface area contributed by atoms with Crippen LogP contribution in [-0.4, -0.2) is 55.5 Å². The quantitative estimate of drug-likeness (QED) is 0.904. The molecule has 0 aliphatic carbocycles. The lowest BCUT2D eigenvalue weighted by atomic mass is 10.1. The van der Waals surface area contributed by atoms with E-state index in [0.29, 0.717) is 12.6 Å². The third-order valence-corrected chi connectivity index (χ3v) is 4.85. The number of nitrogens with zero attached hydrogens (tertiary/aromatic N) is 2. The van der Waals surface area contributed by atoms with Gasteiger partial charge in [-0.25, -0.2) is 0 Å². The Morgan fingerprint density at radius 2 is 2.14 bits per heavy atom. The molecule has 1 N–H and O–H groups in total. The largest absolute Gasteiger partial charge is 0.338 e. The molecule has 1 aliphatic rings. The number of nitrogens with one attached hydrogen (secondary N) is 1. The molecule has 0 spiro atoms. The van der Waals surface area contributed by atoms with Crippen LogP contribution in [-0.2, 0) is 4.79 Å². The Morgan fingerprint density at radius 3 is 2.77 bits per heavy atom. The van der Waals surface area contributed by atoms with E-state index in [0.717, 1.165) is 30.1 Å². The maximum Gasteiger partial charge on any atom is 0.236 e. The molecule has 5 heteroatoms. The highest BCUT2D eigenvalue weighted by Crippen LogP contribution is 2.21. The van der Waals surface area contributed by atoms with Crippen LogP contribution >= 0.6 is 11.6 Å². The van der Waals surface area contributed by atoms with E-state index in [1.165, 1.54) is 6.42 Å². The van der Waals surface area contributed by atoms with Gasteiger partial charge in [-0.05, 0) is 51.1 Å². The average molecular weight is 324 g/mol. The predicted molar refractivity (Wildman–Crippen MR) is 91.2 cm³/mol. The van der Waals surface area contributed by atoms with Gasteiger partial charge in [0.25, 0.3) is 0 Å². The first kappa shape index (κ1) is 17.3. The zero-order valence-electron chi connectivity index (χ0n) is 13.7. The number of benzene rings is 1. The van der Waals surface area contributed by atoms with Crippen molar-refractivity contribution in [2.75, 3.05) is 33.7 Å². The summed E-state index contributed by atoms with van der Waals surface area (Å²) in [6.45, 7) is 4.50.